The number of hydrogen-bond donors (Lipinski definition) is 1. The van der Waals surface area contributed by atoms with Crippen molar-refractivity contribution in [3.8, 4) is 5.75 Å². The summed E-state index contributed by atoms with van der Waals surface area (Å²) in [4.78, 5) is 28.0. The van der Waals surface area contributed by atoms with E-state index in [9.17, 15) is 14.7 Å². The molecule has 1 N–H and O–H groups in total. The van der Waals surface area contributed by atoms with E-state index in [2.05, 4.69) is 0 Å². The molecule has 148 valence electrons. The van der Waals surface area contributed by atoms with Gasteiger partial charge in [0, 0.05) is 17.0 Å². The number of benzene rings is 1. The molecule has 6 heteroatoms. The number of amides is 1. The van der Waals surface area contributed by atoms with Crippen LogP contribution >= 0.6 is 11.3 Å². The lowest BCUT2D eigenvalue weighted by Gasteiger charge is -2.24. The van der Waals surface area contributed by atoms with Crippen LogP contribution in [-0.4, -0.2) is 34.8 Å². The van der Waals surface area contributed by atoms with Crippen molar-refractivity contribution in [1.29, 1.82) is 0 Å². The molecule has 1 atom stereocenters. The Balaban J connectivity index is 2.15. The summed E-state index contributed by atoms with van der Waals surface area (Å²) < 4.78 is 5.55. The first kappa shape index (κ1) is 20.1. The lowest BCUT2D eigenvalue weighted by Crippen LogP contribution is -2.30. The topological polar surface area (TPSA) is 66.8 Å². The van der Waals surface area contributed by atoms with Crippen molar-refractivity contribution in [2.24, 2.45) is 0 Å². The van der Waals surface area contributed by atoms with Crippen LogP contribution in [0.25, 0.3) is 5.76 Å². The van der Waals surface area contributed by atoms with E-state index in [1.807, 2.05) is 39.1 Å². The van der Waals surface area contributed by atoms with Gasteiger partial charge in [-0.05, 0) is 68.0 Å². The predicted octanol–water partition coefficient (Wildman–Crippen LogP) is 4.60. The third-order valence-corrected chi connectivity index (χ3v) is 5.97. The Morgan fingerprint density at radius 3 is 2.50 bits per heavy atom. The fraction of sp³-hybridized carbons (Fsp3) is 0.364. The average Bonchev–Trinajstić information content (AvgIpc) is 3.19. The number of Topliss-reactive ketones (excluding diaryl/α,β-unsaturated/α-hetero) is 1. The van der Waals surface area contributed by atoms with Gasteiger partial charge in [-0.3, -0.25) is 9.59 Å². The lowest BCUT2D eigenvalue weighted by molar-refractivity contribution is -0.139. The summed E-state index contributed by atoms with van der Waals surface area (Å²) >= 11 is 1.50. The molecule has 1 amide bonds. The van der Waals surface area contributed by atoms with Gasteiger partial charge in [-0.25, -0.2) is 0 Å². The van der Waals surface area contributed by atoms with Crippen molar-refractivity contribution in [3.05, 3.63) is 56.8 Å². The Hall–Kier alpha value is -2.60. The molecule has 0 saturated carbocycles. The Morgan fingerprint density at radius 2 is 1.93 bits per heavy atom. The fourth-order valence-electron chi connectivity index (χ4n) is 3.56. The smallest absolute Gasteiger partial charge is 0.295 e. The van der Waals surface area contributed by atoms with Crippen molar-refractivity contribution in [3.63, 3.8) is 0 Å². The molecule has 28 heavy (non-hydrogen) atoms. The third kappa shape index (κ3) is 3.44. The van der Waals surface area contributed by atoms with Crippen LogP contribution in [0.4, 0.5) is 0 Å². The second-order valence-electron chi connectivity index (χ2n) is 6.87. The number of hydrogen-bond acceptors (Lipinski definition) is 5. The highest BCUT2D eigenvalue weighted by molar-refractivity contribution is 7.10. The summed E-state index contributed by atoms with van der Waals surface area (Å²) in [5.74, 6) is -0.587. The number of thiophene rings is 1. The van der Waals surface area contributed by atoms with E-state index in [1.165, 1.54) is 11.3 Å². The zero-order valence-electron chi connectivity index (χ0n) is 16.6. The van der Waals surface area contributed by atoms with Gasteiger partial charge in [0.2, 0.25) is 0 Å². The molecule has 1 unspecified atom stereocenters. The Labute approximate surface area is 169 Å². The zero-order valence-corrected chi connectivity index (χ0v) is 17.4. The van der Waals surface area contributed by atoms with Crippen LogP contribution in [0.3, 0.4) is 0 Å². The van der Waals surface area contributed by atoms with Crippen molar-refractivity contribution < 1.29 is 19.4 Å². The van der Waals surface area contributed by atoms with Gasteiger partial charge in [0.15, 0.2) is 0 Å². The number of aliphatic hydroxyl groups excluding tert-OH is 1. The minimum Gasteiger partial charge on any atom is -0.507 e. The second kappa shape index (κ2) is 8.19. The van der Waals surface area contributed by atoms with Crippen LogP contribution in [0.2, 0.25) is 0 Å². The maximum atomic E-state index is 12.8. The summed E-state index contributed by atoms with van der Waals surface area (Å²) in [5.41, 5.74) is 2.53. The van der Waals surface area contributed by atoms with Gasteiger partial charge in [-0.2, -0.15) is 0 Å². The Kier molecular flexibility index (Phi) is 5.89. The molecular formula is C22H25NO4S. The number of aryl methyl sites for hydroxylation is 2. The molecule has 1 aromatic carbocycles. The van der Waals surface area contributed by atoms with E-state index in [0.717, 1.165) is 28.2 Å². The van der Waals surface area contributed by atoms with E-state index in [0.29, 0.717) is 18.7 Å². The van der Waals surface area contributed by atoms with Crippen molar-refractivity contribution >= 4 is 28.8 Å². The highest BCUT2D eigenvalue weighted by Crippen LogP contribution is 2.42. The van der Waals surface area contributed by atoms with E-state index >= 15 is 0 Å². The summed E-state index contributed by atoms with van der Waals surface area (Å²) in [6.45, 7) is 8.73. The highest BCUT2D eigenvalue weighted by Gasteiger charge is 2.46. The molecule has 1 aromatic heterocycles. The minimum absolute atomic E-state index is 0.138. The van der Waals surface area contributed by atoms with Gasteiger partial charge >= 0.3 is 0 Å². The molecular weight excluding hydrogens is 374 g/mol. The Bertz CT molecular complexity index is 944. The van der Waals surface area contributed by atoms with Crippen molar-refractivity contribution in [1.82, 2.24) is 4.90 Å². The highest BCUT2D eigenvalue weighted by atomic mass is 32.1. The number of nitrogens with zero attached hydrogens (tertiary/aromatic N) is 1. The zero-order chi connectivity index (χ0) is 20.4. The Morgan fingerprint density at radius 1 is 1.18 bits per heavy atom. The summed E-state index contributed by atoms with van der Waals surface area (Å²) in [6, 6.07) is 6.70. The molecule has 2 heterocycles. The van der Waals surface area contributed by atoms with Crippen LogP contribution in [0.5, 0.6) is 5.75 Å². The van der Waals surface area contributed by atoms with Gasteiger partial charge in [0.25, 0.3) is 11.7 Å². The summed E-state index contributed by atoms with van der Waals surface area (Å²) in [5, 5.41) is 13.0. The van der Waals surface area contributed by atoms with Gasteiger partial charge in [-0.15, -0.1) is 11.3 Å². The molecule has 1 aliphatic heterocycles. The number of aliphatic hydroxyl groups is 1. The summed E-state index contributed by atoms with van der Waals surface area (Å²) in [7, 11) is 0. The fourth-order valence-corrected chi connectivity index (χ4v) is 4.61. The number of rotatable bonds is 6. The van der Waals surface area contributed by atoms with E-state index in [4.69, 9.17) is 4.74 Å². The number of ketones is 1. The van der Waals surface area contributed by atoms with Gasteiger partial charge in [0.05, 0.1) is 18.2 Å². The van der Waals surface area contributed by atoms with Crippen molar-refractivity contribution in [2.75, 3.05) is 13.2 Å². The molecule has 0 spiro atoms. The van der Waals surface area contributed by atoms with E-state index in [-0.39, 0.29) is 11.3 Å². The number of likely N-dealkylation sites (tertiary alicyclic amines) is 1. The molecule has 2 aromatic rings. The lowest BCUT2D eigenvalue weighted by atomic mass is 9.97. The molecule has 5 nitrogen and oxygen atoms in total. The molecule has 0 bridgehead atoms. The molecule has 3 rings (SSSR count). The molecule has 0 radical (unpaired) electrons. The maximum Gasteiger partial charge on any atom is 0.295 e. The third-order valence-electron chi connectivity index (χ3n) is 4.90. The van der Waals surface area contributed by atoms with Crippen LogP contribution in [0.1, 0.15) is 47.9 Å². The first-order valence-corrected chi connectivity index (χ1v) is 10.3. The first-order valence-electron chi connectivity index (χ1n) is 9.46. The standard InChI is InChI=1S/C22H25NO4S/c1-5-10-23-18(21-13(3)9-11-28-21)17(20(25)22(23)26)19(24)15-7-8-16(27-6-2)14(4)12-15/h7-9,11-12,18,24H,5-6,10H2,1-4H3/b19-17-. The van der Waals surface area contributed by atoms with E-state index in [1.54, 1.807) is 23.1 Å². The monoisotopic (exact) mass is 399 g/mol. The maximum absolute atomic E-state index is 12.8. The second-order valence-corrected chi connectivity index (χ2v) is 7.82. The van der Waals surface area contributed by atoms with Gasteiger partial charge in [0.1, 0.15) is 11.5 Å². The molecule has 1 aliphatic rings. The van der Waals surface area contributed by atoms with Gasteiger partial charge < -0.3 is 14.7 Å². The molecule has 0 aliphatic carbocycles. The predicted molar refractivity (Wildman–Crippen MR) is 111 cm³/mol. The normalized spacial score (nSPS) is 18.7. The quantitative estimate of drug-likeness (QED) is 0.438. The number of carbonyl (C=O) groups is 2. The minimum atomic E-state index is -0.629. The van der Waals surface area contributed by atoms with Crippen LogP contribution in [-0.2, 0) is 9.59 Å². The van der Waals surface area contributed by atoms with Crippen molar-refractivity contribution in [2.45, 2.75) is 40.2 Å². The first-order chi connectivity index (χ1) is 13.4. The number of carbonyl (C=O) groups excluding carboxylic acids is 2. The van der Waals surface area contributed by atoms with Gasteiger partial charge in [-0.1, -0.05) is 6.92 Å². The number of ether oxygens (including phenoxy) is 1. The molecule has 1 fully saturated rings. The van der Waals surface area contributed by atoms with Crippen LogP contribution < -0.4 is 4.74 Å². The van der Waals surface area contributed by atoms with Crippen LogP contribution in [0, 0.1) is 13.8 Å². The van der Waals surface area contributed by atoms with E-state index < -0.39 is 17.7 Å². The molecule has 1 saturated heterocycles. The summed E-state index contributed by atoms with van der Waals surface area (Å²) in [6.07, 6.45) is 0.732. The van der Waals surface area contributed by atoms with Crippen LogP contribution in [0.15, 0.2) is 35.2 Å². The SMILES string of the molecule is CCCN1C(=O)C(=O)/C(=C(\O)c2ccc(OCC)c(C)c2)C1c1sccc1C. The largest absolute Gasteiger partial charge is 0.507 e. The average molecular weight is 400 g/mol.